The highest BCUT2D eigenvalue weighted by Gasteiger charge is 2.30. The average Bonchev–Trinajstić information content (AvgIpc) is 2.82. The van der Waals surface area contributed by atoms with Crippen molar-refractivity contribution in [3.63, 3.8) is 0 Å². The number of ether oxygens (including phenoxy) is 1. The number of hydrogen-bond acceptors (Lipinski definition) is 3. The van der Waals surface area contributed by atoms with E-state index in [9.17, 15) is 4.79 Å². The number of fused-ring (bicyclic) bond motifs is 3. The number of nitrogens with one attached hydrogen (secondary N) is 2. The molecule has 1 aromatic carbocycles. The quantitative estimate of drug-likeness (QED) is 0.887. The van der Waals surface area contributed by atoms with Gasteiger partial charge in [0.1, 0.15) is 11.8 Å². The normalized spacial score (nSPS) is 17.3. The standard InChI is InChI=1S/C16H15Cl2N3O2/c1-2-8-12-10(3-5-20-16(8)22)21-15-13(12)11(23-6-4-19)7-9(17)14(15)18/h7-8,21H,2-3,5-6H2,1H3,(H,20,22). The molecular weight excluding hydrogens is 337 g/mol. The van der Waals surface area contributed by atoms with Gasteiger partial charge in [0.05, 0.1) is 21.5 Å². The van der Waals surface area contributed by atoms with Crippen LogP contribution < -0.4 is 10.1 Å². The largest absolute Gasteiger partial charge is 0.478 e. The summed E-state index contributed by atoms with van der Waals surface area (Å²) in [6.07, 6.45) is 1.33. The SMILES string of the molecule is CCC1C(=O)NCCc2[nH]c3c(Cl)c(Cl)cc(OCC#N)c3c21. The summed E-state index contributed by atoms with van der Waals surface area (Å²) in [5.74, 6) is 0.175. The van der Waals surface area contributed by atoms with Gasteiger partial charge in [0.25, 0.3) is 0 Å². The molecule has 0 spiro atoms. The van der Waals surface area contributed by atoms with Crippen LogP contribution in [-0.4, -0.2) is 24.0 Å². The fraction of sp³-hybridized carbons (Fsp3) is 0.375. The Morgan fingerprint density at radius 3 is 2.96 bits per heavy atom. The van der Waals surface area contributed by atoms with E-state index in [1.54, 1.807) is 6.07 Å². The number of nitriles is 1. The molecule has 0 saturated heterocycles. The summed E-state index contributed by atoms with van der Waals surface area (Å²) >= 11 is 12.5. The first kappa shape index (κ1) is 16.0. The van der Waals surface area contributed by atoms with Gasteiger partial charge in [-0.15, -0.1) is 0 Å². The number of H-pyrrole nitrogens is 1. The Morgan fingerprint density at radius 1 is 1.48 bits per heavy atom. The van der Waals surface area contributed by atoms with Crippen LogP contribution in [0.15, 0.2) is 6.07 Å². The van der Waals surface area contributed by atoms with Crippen molar-refractivity contribution in [2.75, 3.05) is 13.2 Å². The molecule has 2 N–H and O–H groups in total. The summed E-state index contributed by atoms with van der Waals surface area (Å²) in [5, 5.41) is 13.2. The molecule has 1 aromatic heterocycles. The first-order valence-corrected chi connectivity index (χ1v) is 8.14. The number of rotatable bonds is 3. The third-order valence-corrected chi connectivity index (χ3v) is 4.88. The molecule has 2 heterocycles. The van der Waals surface area contributed by atoms with E-state index in [1.165, 1.54) is 0 Å². The van der Waals surface area contributed by atoms with Crippen LogP contribution in [0, 0.1) is 11.3 Å². The summed E-state index contributed by atoms with van der Waals surface area (Å²) in [6.45, 7) is 2.43. The Morgan fingerprint density at radius 2 is 2.26 bits per heavy atom. The minimum atomic E-state index is -0.289. The van der Waals surface area contributed by atoms with Crippen LogP contribution in [0.5, 0.6) is 5.75 Å². The second kappa shape index (κ2) is 6.31. The Hall–Kier alpha value is -1.90. The van der Waals surface area contributed by atoms with Gasteiger partial charge in [-0.1, -0.05) is 30.1 Å². The van der Waals surface area contributed by atoms with Crippen molar-refractivity contribution < 1.29 is 9.53 Å². The highest BCUT2D eigenvalue weighted by molar-refractivity contribution is 6.45. The zero-order valence-electron chi connectivity index (χ0n) is 12.5. The molecule has 1 aliphatic heterocycles. The maximum Gasteiger partial charge on any atom is 0.227 e. The summed E-state index contributed by atoms with van der Waals surface area (Å²) in [6, 6.07) is 3.55. The lowest BCUT2D eigenvalue weighted by Gasteiger charge is -2.14. The van der Waals surface area contributed by atoms with Crippen molar-refractivity contribution >= 4 is 40.0 Å². The molecule has 1 amide bonds. The lowest BCUT2D eigenvalue weighted by Crippen LogP contribution is -2.28. The number of hydrogen-bond donors (Lipinski definition) is 2. The minimum absolute atomic E-state index is 0.00976. The fourth-order valence-corrected chi connectivity index (χ4v) is 3.51. The Balaban J connectivity index is 2.32. The lowest BCUT2D eigenvalue weighted by molar-refractivity contribution is -0.122. The van der Waals surface area contributed by atoms with Crippen LogP contribution >= 0.6 is 23.2 Å². The Kier molecular flexibility index (Phi) is 4.38. The third kappa shape index (κ3) is 2.62. The minimum Gasteiger partial charge on any atom is -0.478 e. The van der Waals surface area contributed by atoms with Gasteiger partial charge in [0.2, 0.25) is 5.91 Å². The van der Waals surface area contributed by atoms with Crippen molar-refractivity contribution in [3.8, 4) is 11.8 Å². The highest BCUT2D eigenvalue weighted by atomic mass is 35.5. The van der Waals surface area contributed by atoms with Gasteiger partial charge in [0, 0.05) is 30.1 Å². The number of aromatic amines is 1. The fourth-order valence-electron chi connectivity index (χ4n) is 3.12. The number of amides is 1. The number of carbonyl (C=O) groups excluding carboxylic acids is 1. The topological polar surface area (TPSA) is 77.9 Å². The predicted octanol–water partition coefficient (Wildman–Crippen LogP) is 3.54. The van der Waals surface area contributed by atoms with Crippen LogP contribution in [-0.2, 0) is 11.2 Å². The molecule has 0 fully saturated rings. The van der Waals surface area contributed by atoms with E-state index in [2.05, 4.69) is 10.3 Å². The molecule has 1 aliphatic rings. The van der Waals surface area contributed by atoms with Crippen LogP contribution in [0.3, 0.4) is 0 Å². The van der Waals surface area contributed by atoms with E-state index < -0.39 is 0 Å². The van der Waals surface area contributed by atoms with Gasteiger partial charge >= 0.3 is 0 Å². The second-order valence-electron chi connectivity index (χ2n) is 5.39. The molecule has 0 radical (unpaired) electrons. The summed E-state index contributed by atoms with van der Waals surface area (Å²) in [7, 11) is 0. The van der Waals surface area contributed by atoms with Gasteiger partial charge in [-0.3, -0.25) is 4.79 Å². The molecule has 120 valence electrons. The molecule has 1 unspecified atom stereocenters. The molecule has 2 aromatic rings. The van der Waals surface area contributed by atoms with Gasteiger partial charge in [0.15, 0.2) is 6.61 Å². The van der Waals surface area contributed by atoms with Crippen molar-refractivity contribution in [2.24, 2.45) is 0 Å². The Bertz CT molecular complexity index is 823. The van der Waals surface area contributed by atoms with E-state index in [-0.39, 0.29) is 18.4 Å². The average molecular weight is 352 g/mol. The zero-order chi connectivity index (χ0) is 16.6. The number of nitrogens with zero attached hydrogens (tertiary/aromatic N) is 1. The van der Waals surface area contributed by atoms with Crippen molar-refractivity contribution in [3.05, 3.63) is 27.4 Å². The van der Waals surface area contributed by atoms with Crippen molar-refractivity contribution in [2.45, 2.75) is 25.7 Å². The van der Waals surface area contributed by atoms with Gasteiger partial charge in [-0.2, -0.15) is 5.26 Å². The lowest BCUT2D eigenvalue weighted by atomic mass is 9.92. The summed E-state index contributed by atoms with van der Waals surface area (Å²) < 4.78 is 5.54. The van der Waals surface area contributed by atoms with Gasteiger partial charge < -0.3 is 15.0 Å². The highest BCUT2D eigenvalue weighted by Crippen LogP contribution is 2.44. The molecule has 5 nitrogen and oxygen atoms in total. The molecular formula is C16H15Cl2N3O2. The van der Waals surface area contributed by atoms with E-state index in [4.69, 9.17) is 33.2 Å². The number of benzene rings is 1. The van der Waals surface area contributed by atoms with E-state index in [1.807, 2.05) is 13.0 Å². The molecule has 3 rings (SSSR count). The molecule has 0 aliphatic carbocycles. The van der Waals surface area contributed by atoms with Gasteiger partial charge in [-0.05, 0) is 12.0 Å². The maximum absolute atomic E-state index is 12.3. The van der Waals surface area contributed by atoms with E-state index >= 15 is 0 Å². The molecule has 1 atom stereocenters. The third-order valence-electron chi connectivity index (χ3n) is 4.09. The van der Waals surface area contributed by atoms with E-state index in [0.717, 1.165) is 16.6 Å². The summed E-state index contributed by atoms with van der Waals surface area (Å²) in [5.41, 5.74) is 2.51. The Labute approximate surface area is 143 Å². The van der Waals surface area contributed by atoms with Gasteiger partial charge in [-0.25, -0.2) is 0 Å². The maximum atomic E-state index is 12.3. The van der Waals surface area contributed by atoms with Crippen LogP contribution in [0.4, 0.5) is 0 Å². The molecule has 23 heavy (non-hydrogen) atoms. The second-order valence-corrected chi connectivity index (χ2v) is 6.17. The first-order chi connectivity index (χ1) is 11.1. The molecule has 0 saturated carbocycles. The number of halogens is 2. The molecule has 7 heteroatoms. The number of carbonyl (C=O) groups is 1. The monoisotopic (exact) mass is 351 g/mol. The smallest absolute Gasteiger partial charge is 0.227 e. The van der Waals surface area contributed by atoms with Crippen LogP contribution in [0.1, 0.15) is 30.5 Å². The van der Waals surface area contributed by atoms with Crippen LogP contribution in [0.2, 0.25) is 10.0 Å². The van der Waals surface area contributed by atoms with Crippen molar-refractivity contribution in [1.82, 2.24) is 10.3 Å². The summed E-state index contributed by atoms with van der Waals surface area (Å²) in [4.78, 5) is 15.6. The first-order valence-electron chi connectivity index (χ1n) is 7.38. The van der Waals surface area contributed by atoms with Crippen LogP contribution in [0.25, 0.3) is 10.9 Å². The predicted molar refractivity (Wildman–Crippen MR) is 89.2 cm³/mol. The van der Waals surface area contributed by atoms with Crippen molar-refractivity contribution in [1.29, 1.82) is 5.26 Å². The molecule has 0 bridgehead atoms. The number of aromatic nitrogens is 1. The zero-order valence-corrected chi connectivity index (χ0v) is 14.0. The van der Waals surface area contributed by atoms with E-state index in [0.29, 0.717) is 40.7 Å².